The fraction of sp³-hybridized carbons (Fsp3) is 0.333. The summed E-state index contributed by atoms with van der Waals surface area (Å²) in [5.74, 6) is 0.673. The average molecular weight is 466 g/mol. The molecule has 0 amide bonds. The van der Waals surface area contributed by atoms with Crippen molar-refractivity contribution in [1.29, 1.82) is 0 Å². The maximum Gasteiger partial charge on any atom is 0.165 e. The summed E-state index contributed by atoms with van der Waals surface area (Å²) in [6.07, 6.45) is 18.5. The van der Waals surface area contributed by atoms with Crippen LogP contribution in [0, 0.1) is 5.92 Å². The van der Waals surface area contributed by atoms with Gasteiger partial charge in [0, 0.05) is 17.1 Å². The number of allylic oxidation sites excluding steroid dienone is 6. The molecule has 2 N–H and O–H groups in total. The summed E-state index contributed by atoms with van der Waals surface area (Å²) in [6.45, 7) is 6.57. The monoisotopic (exact) mass is 465 g/mol. The fourth-order valence-corrected chi connectivity index (χ4v) is 4.91. The molecule has 4 heterocycles. The smallest absolute Gasteiger partial charge is 0.165 e. The molecular formula is C30H35N5. The number of hydrogen-bond donors (Lipinski definition) is 2. The highest BCUT2D eigenvalue weighted by Gasteiger charge is 2.19. The minimum atomic E-state index is 0.673. The number of rotatable bonds is 8. The van der Waals surface area contributed by atoms with E-state index in [1.165, 1.54) is 35.1 Å². The van der Waals surface area contributed by atoms with Crippen molar-refractivity contribution in [2.45, 2.75) is 46.0 Å². The van der Waals surface area contributed by atoms with Gasteiger partial charge in [-0.15, -0.1) is 0 Å². The van der Waals surface area contributed by atoms with E-state index >= 15 is 0 Å². The molecule has 0 atom stereocenters. The van der Waals surface area contributed by atoms with E-state index < -0.39 is 0 Å². The normalized spacial score (nSPS) is 16.2. The highest BCUT2D eigenvalue weighted by atomic mass is 15.3. The van der Waals surface area contributed by atoms with E-state index in [0.29, 0.717) is 5.92 Å². The van der Waals surface area contributed by atoms with Crippen molar-refractivity contribution >= 4 is 27.8 Å². The lowest BCUT2D eigenvalue weighted by atomic mass is 9.92. The van der Waals surface area contributed by atoms with Crippen LogP contribution in [0.3, 0.4) is 0 Å². The molecule has 1 aliphatic rings. The van der Waals surface area contributed by atoms with Crippen molar-refractivity contribution in [3.63, 3.8) is 0 Å². The lowest BCUT2D eigenvalue weighted by molar-refractivity contribution is 0.371. The first-order valence-electron chi connectivity index (χ1n) is 12.9. The number of piperidine rings is 1. The Morgan fingerprint density at radius 3 is 2.74 bits per heavy atom. The molecule has 0 bridgehead atoms. The van der Waals surface area contributed by atoms with Crippen molar-refractivity contribution in [3.05, 3.63) is 89.9 Å². The molecule has 0 spiro atoms. The molecule has 5 nitrogen and oxygen atoms in total. The fourth-order valence-electron chi connectivity index (χ4n) is 4.91. The summed E-state index contributed by atoms with van der Waals surface area (Å²) in [6, 6.07) is 12.7. The lowest BCUT2D eigenvalue weighted by Gasteiger charge is -2.22. The Labute approximate surface area is 207 Å². The highest BCUT2D eigenvalue weighted by molar-refractivity contribution is 5.88. The maximum absolute atomic E-state index is 5.23. The summed E-state index contributed by atoms with van der Waals surface area (Å²) in [5.41, 5.74) is 7.79. The zero-order chi connectivity index (χ0) is 24.0. The van der Waals surface area contributed by atoms with Gasteiger partial charge in [-0.1, -0.05) is 68.0 Å². The van der Waals surface area contributed by atoms with Crippen molar-refractivity contribution in [2.75, 3.05) is 13.1 Å². The number of unbranched alkanes of at least 4 members (excludes halogenated alkanes) is 1. The van der Waals surface area contributed by atoms with Crippen LogP contribution in [0.2, 0.25) is 0 Å². The molecule has 0 aliphatic carbocycles. The van der Waals surface area contributed by atoms with Gasteiger partial charge in [0.2, 0.25) is 0 Å². The number of nitrogens with one attached hydrogen (secondary N) is 2. The first-order valence-corrected chi connectivity index (χ1v) is 12.9. The lowest BCUT2D eigenvalue weighted by Crippen LogP contribution is -2.28. The zero-order valence-corrected chi connectivity index (χ0v) is 20.8. The van der Waals surface area contributed by atoms with Crippen molar-refractivity contribution in [2.24, 2.45) is 5.92 Å². The molecule has 3 aromatic heterocycles. The van der Waals surface area contributed by atoms with Crippen LogP contribution in [-0.2, 0) is 6.42 Å². The van der Waals surface area contributed by atoms with Gasteiger partial charge in [0.25, 0.3) is 0 Å². The second-order valence-electron chi connectivity index (χ2n) is 9.52. The summed E-state index contributed by atoms with van der Waals surface area (Å²) >= 11 is 0. The van der Waals surface area contributed by atoms with Gasteiger partial charge in [0.05, 0.1) is 11.9 Å². The second-order valence-corrected chi connectivity index (χ2v) is 9.52. The third-order valence-electron chi connectivity index (χ3n) is 6.98. The Bertz CT molecular complexity index is 1360. The van der Waals surface area contributed by atoms with Gasteiger partial charge in [-0.25, -0.2) is 4.98 Å². The largest absolute Gasteiger partial charge is 0.346 e. The molecule has 0 unspecified atom stereocenters. The summed E-state index contributed by atoms with van der Waals surface area (Å²) < 4.78 is 1.96. The van der Waals surface area contributed by atoms with E-state index in [2.05, 4.69) is 84.9 Å². The second kappa shape index (κ2) is 10.9. The average Bonchev–Trinajstić information content (AvgIpc) is 3.55. The topological polar surface area (TPSA) is 58.0 Å². The molecule has 0 saturated carbocycles. The molecular weight excluding hydrogens is 430 g/mol. The molecule has 5 heteroatoms. The number of nitrogens with zero attached hydrogens (tertiary/aromatic N) is 3. The van der Waals surface area contributed by atoms with Crippen LogP contribution in [0.15, 0.2) is 73.1 Å². The van der Waals surface area contributed by atoms with Gasteiger partial charge >= 0.3 is 0 Å². The molecule has 4 aromatic rings. The van der Waals surface area contributed by atoms with Crippen LogP contribution in [-0.4, -0.2) is 32.7 Å². The molecule has 35 heavy (non-hydrogen) atoms. The molecule has 5 rings (SSSR count). The third-order valence-corrected chi connectivity index (χ3v) is 6.98. The van der Waals surface area contributed by atoms with Crippen molar-refractivity contribution in [1.82, 2.24) is 24.9 Å². The zero-order valence-electron chi connectivity index (χ0n) is 20.8. The number of benzene rings is 1. The van der Waals surface area contributed by atoms with E-state index in [-0.39, 0.29) is 0 Å². The van der Waals surface area contributed by atoms with Crippen LogP contribution in [0.5, 0.6) is 0 Å². The Morgan fingerprint density at radius 2 is 1.94 bits per heavy atom. The van der Waals surface area contributed by atoms with Crippen LogP contribution in [0.4, 0.5) is 0 Å². The van der Waals surface area contributed by atoms with Gasteiger partial charge in [-0.05, 0) is 74.4 Å². The predicted molar refractivity (Wildman–Crippen MR) is 146 cm³/mol. The summed E-state index contributed by atoms with van der Waals surface area (Å²) in [5, 5.41) is 9.42. The maximum atomic E-state index is 5.23. The Hall–Kier alpha value is -3.44. The van der Waals surface area contributed by atoms with Gasteiger partial charge < -0.3 is 10.3 Å². The molecule has 1 fully saturated rings. The molecule has 1 aromatic carbocycles. The molecule has 1 aliphatic heterocycles. The highest BCUT2D eigenvalue weighted by Crippen LogP contribution is 2.28. The SMILES string of the molecule is CCC/C=C/C(=C\C=C(C)c1ccccc1)c1cnn2c1nc(CC1CCNCC1)c1cc[nH]c12. The minimum absolute atomic E-state index is 0.673. The van der Waals surface area contributed by atoms with Crippen LogP contribution in [0.25, 0.3) is 27.8 Å². The Balaban J connectivity index is 1.58. The Kier molecular flexibility index (Phi) is 7.24. The summed E-state index contributed by atoms with van der Waals surface area (Å²) in [4.78, 5) is 8.64. The van der Waals surface area contributed by atoms with Crippen LogP contribution >= 0.6 is 0 Å². The quantitative estimate of drug-likeness (QED) is 0.288. The number of hydrogen-bond acceptors (Lipinski definition) is 3. The van der Waals surface area contributed by atoms with Crippen LogP contribution < -0.4 is 5.32 Å². The molecule has 0 radical (unpaired) electrons. The first kappa shape index (κ1) is 23.3. The predicted octanol–water partition coefficient (Wildman–Crippen LogP) is 6.60. The number of aromatic nitrogens is 4. The van der Waals surface area contributed by atoms with Gasteiger partial charge in [-0.2, -0.15) is 9.61 Å². The first-order chi connectivity index (χ1) is 17.2. The number of aromatic amines is 1. The van der Waals surface area contributed by atoms with Crippen molar-refractivity contribution in [3.8, 4) is 0 Å². The van der Waals surface area contributed by atoms with E-state index in [1.807, 2.05) is 16.9 Å². The standard InChI is InChI=1S/C30H35N5/c1-3-4-6-11-25(13-12-22(2)24-9-7-5-8-10-24)27-21-33-35-29-26(16-19-32-29)28(34-30(27)35)20-23-14-17-31-18-15-23/h5-13,16,19,21,23,31-32H,3-4,14-15,17-18,20H2,1-2H3/b11-6+,22-12?,25-13+. The minimum Gasteiger partial charge on any atom is -0.346 e. The number of fused-ring (bicyclic) bond motifs is 3. The van der Waals surface area contributed by atoms with E-state index in [1.54, 1.807) is 0 Å². The van der Waals surface area contributed by atoms with Crippen molar-refractivity contribution < 1.29 is 0 Å². The molecule has 180 valence electrons. The van der Waals surface area contributed by atoms with Gasteiger partial charge in [0.1, 0.15) is 5.65 Å². The Morgan fingerprint density at radius 1 is 1.11 bits per heavy atom. The van der Waals surface area contributed by atoms with E-state index in [9.17, 15) is 0 Å². The third kappa shape index (κ3) is 5.15. The number of H-pyrrole nitrogens is 1. The van der Waals surface area contributed by atoms with Gasteiger partial charge in [0.15, 0.2) is 5.65 Å². The van der Waals surface area contributed by atoms with E-state index in [4.69, 9.17) is 10.1 Å². The van der Waals surface area contributed by atoms with E-state index in [0.717, 1.165) is 54.8 Å². The van der Waals surface area contributed by atoms with Gasteiger partial charge in [-0.3, -0.25) is 0 Å². The molecule has 1 saturated heterocycles. The summed E-state index contributed by atoms with van der Waals surface area (Å²) in [7, 11) is 0. The van der Waals surface area contributed by atoms with Crippen LogP contribution in [0.1, 0.15) is 56.4 Å².